The molecule has 5 nitrogen and oxygen atoms in total. The second-order valence-electron chi connectivity index (χ2n) is 2.28. The highest BCUT2D eigenvalue weighted by molar-refractivity contribution is 5.93. The number of hydrogen-bond donors (Lipinski definition) is 3. The smallest absolute Gasteiger partial charge is 0.336 e. The Kier molecular flexibility index (Phi) is 2.19. The lowest BCUT2D eigenvalue weighted by Crippen LogP contribution is -2.02. The van der Waals surface area contributed by atoms with E-state index in [2.05, 4.69) is 6.07 Å². The van der Waals surface area contributed by atoms with Gasteiger partial charge >= 0.3 is 11.9 Å². The van der Waals surface area contributed by atoms with Gasteiger partial charge < -0.3 is 15.3 Å². The van der Waals surface area contributed by atoms with Crippen LogP contribution in [0.25, 0.3) is 0 Å². The highest BCUT2D eigenvalue weighted by Gasteiger charge is 2.11. The number of rotatable bonds is 2. The molecule has 0 atom stereocenters. The number of carboxylic acid groups (broad SMARTS) is 2. The summed E-state index contributed by atoms with van der Waals surface area (Å²) in [6, 6.07) is 3.98. The summed E-state index contributed by atoms with van der Waals surface area (Å²) in [4.78, 5) is 20.8. The van der Waals surface area contributed by atoms with Crippen molar-refractivity contribution in [3.8, 4) is 5.75 Å². The molecule has 1 radical (unpaired) electrons. The summed E-state index contributed by atoms with van der Waals surface area (Å²) in [7, 11) is 0. The van der Waals surface area contributed by atoms with Crippen LogP contribution in [0.4, 0.5) is 0 Å². The van der Waals surface area contributed by atoms with E-state index in [-0.39, 0.29) is 11.1 Å². The molecule has 0 fully saturated rings. The highest BCUT2D eigenvalue weighted by atomic mass is 16.4. The zero-order chi connectivity index (χ0) is 10.0. The van der Waals surface area contributed by atoms with Crippen LogP contribution in [-0.4, -0.2) is 27.3 Å². The maximum absolute atomic E-state index is 10.4. The molecule has 0 bridgehead atoms. The molecule has 0 spiro atoms. The van der Waals surface area contributed by atoms with Crippen molar-refractivity contribution in [1.82, 2.24) is 0 Å². The van der Waals surface area contributed by atoms with Crippen molar-refractivity contribution >= 4 is 11.9 Å². The summed E-state index contributed by atoms with van der Waals surface area (Å²) < 4.78 is 0. The van der Waals surface area contributed by atoms with Gasteiger partial charge in [0.25, 0.3) is 0 Å². The topological polar surface area (TPSA) is 94.8 Å². The Labute approximate surface area is 72.9 Å². The van der Waals surface area contributed by atoms with E-state index in [0.717, 1.165) is 12.1 Å². The molecule has 0 heterocycles. The second kappa shape index (κ2) is 3.14. The van der Waals surface area contributed by atoms with Crippen LogP contribution in [0, 0.1) is 6.07 Å². The van der Waals surface area contributed by atoms with Crippen LogP contribution in [0.2, 0.25) is 0 Å². The summed E-state index contributed by atoms with van der Waals surface area (Å²) >= 11 is 0. The summed E-state index contributed by atoms with van der Waals surface area (Å²) in [6.07, 6.45) is 0. The predicted molar refractivity (Wildman–Crippen MR) is 40.9 cm³/mol. The zero-order valence-electron chi connectivity index (χ0n) is 6.31. The molecule has 0 aromatic heterocycles. The standard InChI is InChI=1S/C8H5O5/c9-6-2-4(7(10)11)1-5(3-6)8(12)13/h2-3,9H,(H,10,11)(H,12,13). The highest BCUT2D eigenvalue weighted by Crippen LogP contribution is 2.14. The van der Waals surface area contributed by atoms with E-state index in [4.69, 9.17) is 15.3 Å². The molecule has 1 aromatic carbocycles. The summed E-state index contributed by atoms with van der Waals surface area (Å²) in [5, 5.41) is 25.9. The summed E-state index contributed by atoms with van der Waals surface area (Å²) in [5.74, 6) is -3.08. The fourth-order valence-corrected chi connectivity index (χ4v) is 0.785. The third kappa shape index (κ3) is 1.96. The average molecular weight is 181 g/mol. The molecule has 0 aliphatic rings. The number of phenolic OH excluding ortho intramolecular Hbond substituents is 1. The van der Waals surface area contributed by atoms with Gasteiger partial charge in [0.05, 0.1) is 11.1 Å². The molecule has 67 valence electrons. The molecular formula is C8H5O5. The number of carboxylic acids is 2. The minimum atomic E-state index is -1.33. The van der Waals surface area contributed by atoms with Crippen LogP contribution in [0.5, 0.6) is 5.75 Å². The SMILES string of the molecule is O=C(O)c1[c]c(C(=O)O)cc(O)c1. The van der Waals surface area contributed by atoms with Crippen LogP contribution >= 0.6 is 0 Å². The number of benzene rings is 1. The Bertz CT molecular complexity index is 337. The van der Waals surface area contributed by atoms with E-state index in [1.807, 2.05) is 0 Å². The molecule has 3 N–H and O–H groups in total. The molecule has 0 aliphatic heterocycles. The van der Waals surface area contributed by atoms with Crippen LogP contribution in [0.1, 0.15) is 20.7 Å². The number of hydrogen-bond acceptors (Lipinski definition) is 3. The van der Waals surface area contributed by atoms with Gasteiger partial charge in [0.2, 0.25) is 0 Å². The molecule has 1 aromatic rings. The van der Waals surface area contributed by atoms with Gasteiger partial charge in [-0.3, -0.25) is 0 Å². The zero-order valence-corrected chi connectivity index (χ0v) is 6.31. The lowest BCUT2D eigenvalue weighted by Gasteiger charge is -1.98. The van der Waals surface area contributed by atoms with Crippen molar-refractivity contribution in [2.75, 3.05) is 0 Å². The number of phenols is 1. The molecular weight excluding hydrogens is 176 g/mol. The van der Waals surface area contributed by atoms with Gasteiger partial charge in [-0.15, -0.1) is 0 Å². The first-order valence-corrected chi connectivity index (χ1v) is 3.23. The third-order valence-electron chi connectivity index (χ3n) is 1.31. The number of aromatic hydroxyl groups is 1. The largest absolute Gasteiger partial charge is 0.508 e. The van der Waals surface area contributed by atoms with E-state index in [9.17, 15) is 9.59 Å². The van der Waals surface area contributed by atoms with Crippen molar-refractivity contribution in [2.24, 2.45) is 0 Å². The van der Waals surface area contributed by atoms with E-state index in [1.165, 1.54) is 0 Å². The van der Waals surface area contributed by atoms with Gasteiger partial charge in [-0.05, 0) is 12.1 Å². The predicted octanol–water partition coefficient (Wildman–Crippen LogP) is 0.589. The van der Waals surface area contributed by atoms with Crippen LogP contribution in [-0.2, 0) is 0 Å². The third-order valence-corrected chi connectivity index (χ3v) is 1.31. The average Bonchev–Trinajstić information content (AvgIpc) is 2.03. The Morgan fingerprint density at radius 1 is 1.08 bits per heavy atom. The van der Waals surface area contributed by atoms with Crippen molar-refractivity contribution < 1.29 is 24.9 Å². The van der Waals surface area contributed by atoms with Gasteiger partial charge in [-0.1, -0.05) is 0 Å². The van der Waals surface area contributed by atoms with Crippen molar-refractivity contribution in [1.29, 1.82) is 0 Å². The van der Waals surface area contributed by atoms with E-state index < -0.39 is 17.7 Å². The van der Waals surface area contributed by atoms with Gasteiger partial charge in [0.15, 0.2) is 0 Å². The fourth-order valence-electron chi connectivity index (χ4n) is 0.785. The van der Waals surface area contributed by atoms with Crippen molar-refractivity contribution in [2.45, 2.75) is 0 Å². The van der Waals surface area contributed by atoms with E-state index in [1.54, 1.807) is 0 Å². The van der Waals surface area contributed by atoms with Crippen LogP contribution in [0.3, 0.4) is 0 Å². The van der Waals surface area contributed by atoms with Crippen LogP contribution in [0.15, 0.2) is 12.1 Å². The lowest BCUT2D eigenvalue weighted by molar-refractivity contribution is 0.0696. The van der Waals surface area contributed by atoms with E-state index >= 15 is 0 Å². The first-order chi connectivity index (χ1) is 6.00. The maximum Gasteiger partial charge on any atom is 0.336 e. The first kappa shape index (κ1) is 9.05. The van der Waals surface area contributed by atoms with Gasteiger partial charge in [-0.25, -0.2) is 9.59 Å². The fraction of sp³-hybridized carbons (Fsp3) is 0. The van der Waals surface area contributed by atoms with Crippen molar-refractivity contribution in [3.05, 3.63) is 29.3 Å². The minimum absolute atomic E-state index is 0.377. The Hall–Kier alpha value is -2.04. The van der Waals surface area contributed by atoms with Crippen molar-refractivity contribution in [3.63, 3.8) is 0 Å². The minimum Gasteiger partial charge on any atom is -0.508 e. The monoisotopic (exact) mass is 181 g/mol. The quantitative estimate of drug-likeness (QED) is 0.620. The number of carbonyl (C=O) groups is 2. The Balaban J connectivity index is 3.26. The molecule has 1 rings (SSSR count). The normalized spacial score (nSPS) is 9.54. The molecule has 0 unspecified atom stereocenters. The van der Waals surface area contributed by atoms with E-state index in [0.29, 0.717) is 0 Å². The lowest BCUT2D eigenvalue weighted by atomic mass is 10.1. The molecule has 0 aliphatic carbocycles. The first-order valence-electron chi connectivity index (χ1n) is 3.23. The Morgan fingerprint density at radius 3 is 1.77 bits per heavy atom. The van der Waals surface area contributed by atoms with Gasteiger partial charge in [0, 0.05) is 6.07 Å². The second-order valence-corrected chi connectivity index (χ2v) is 2.28. The molecule has 0 amide bonds. The molecule has 0 saturated heterocycles. The summed E-state index contributed by atoms with van der Waals surface area (Å²) in [6.45, 7) is 0. The number of aromatic carboxylic acids is 2. The molecule has 0 saturated carbocycles. The van der Waals surface area contributed by atoms with Gasteiger partial charge in [-0.2, -0.15) is 0 Å². The Morgan fingerprint density at radius 2 is 1.46 bits per heavy atom. The van der Waals surface area contributed by atoms with Gasteiger partial charge in [0.1, 0.15) is 5.75 Å². The summed E-state index contributed by atoms with van der Waals surface area (Å²) in [5.41, 5.74) is -0.755. The van der Waals surface area contributed by atoms with Crippen LogP contribution < -0.4 is 0 Å². The molecule has 13 heavy (non-hydrogen) atoms. The maximum atomic E-state index is 10.4. The molecule has 5 heteroatoms.